The maximum atomic E-state index is 6.44. The van der Waals surface area contributed by atoms with Gasteiger partial charge in [0.1, 0.15) is 0 Å². The van der Waals surface area contributed by atoms with Crippen molar-refractivity contribution in [1.82, 2.24) is 4.98 Å². The first kappa shape index (κ1) is 13.7. The van der Waals surface area contributed by atoms with Gasteiger partial charge in [0.05, 0.1) is 16.2 Å². The average molecular weight is 289 g/mol. The fourth-order valence-electron chi connectivity index (χ4n) is 3.06. The van der Waals surface area contributed by atoms with E-state index in [-0.39, 0.29) is 0 Å². The molecular weight excluding hydrogens is 268 g/mol. The Balaban J connectivity index is 1.89. The van der Waals surface area contributed by atoms with Crippen molar-refractivity contribution in [2.24, 2.45) is 11.8 Å². The number of hydrogen-bond acceptors (Lipinski definition) is 2. The fourth-order valence-corrected chi connectivity index (χ4v) is 3.38. The van der Waals surface area contributed by atoms with Crippen LogP contribution in [0.25, 0.3) is 10.9 Å². The van der Waals surface area contributed by atoms with E-state index in [9.17, 15) is 0 Å². The van der Waals surface area contributed by atoms with E-state index < -0.39 is 0 Å². The van der Waals surface area contributed by atoms with Crippen LogP contribution in [-0.4, -0.2) is 11.0 Å². The first-order chi connectivity index (χ1) is 9.56. The van der Waals surface area contributed by atoms with Crippen molar-refractivity contribution in [3.05, 3.63) is 35.0 Å². The highest BCUT2D eigenvalue weighted by atomic mass is 35.5. The van der Waals surface area contributed by atoms with Gasteiger partial charge >= 0.3 is 0 Å². The number of aryl methyl sites for hydroxylation is 1. The molecule has 1 aliphatic carbocycles. The van der Waals surface area contributed by atoms with Gasteiger partial charge in [0.15, 0.2) is 0 Å². The summed E-state index contributed by atoms with van der Waals surface area (Å²) in [5.41, 5.74) is 3.22. The molecule has 2 nitrogen and oxygen atoms in total. The number of pyridine rings is 1. The van der Waals surface area contributed by atoms with E-state index >= 15 is 0 Å². The Hall–Kier alpha value is -1.28. The summed E-state index contributed by atoms with van der Waals surface area (Å²) >= 11 is 6.44. The van der Waals surface area contributed by atoms with E-state index in [1.807, 2.05) is 18.3 Å². The second-order valence-corrected chi connectivity index (χ2v) is 6.67. The molecule has 20 heavy (non-hydrogen) atoms. The van der Waals surface area contributed by atoms with Crippen LogP contribution < -0.4 is 5.32 Å². The summed E-state index contributed by atoms with van der Waals surface area (Å²) in [6.45, 7) is 6.67. The van der Waals surface area contributed by atoms with Crippen molar-refractivity contribution in [2.45, 2.75) is 39.7 Å². The fraction of sp³-hybridized carbons (Fsp3) is 0.471. The summed E-state index contributed by atoms with van der Waals surface area (Å²) in [7, 11) is 0. The van der Waals surface area contributed by atoms with Gasteiger partial charge in [-0.15, -0.1) is 0 Å². The minimum atomic E-state index is 0.547. The highest BCUT2D eigenvalue weighted by Crippen LogP contribution is 2.39. The third-order valence-corrected chi connectivity index (χ3v) is 4.80. The van der Waals surface area contributed by atoms with Crippen molar-refractivity contribution >= 4 is 28.2 Å². The van der Waals surface area contributed by atoms with Crippen molar-refractivity contribution in [2.75, 3.05) is 5.32 Å². The highest BCUT2D eigenvalue weighted by molar-refractivity contribution is 6.35. The zero-order chi connectivity index (χ0) is 14.3. The minimum Gasteiger partial charge on any atom is -0.381 e. The van der Waals surface area contributed by atoms with E-state index in [2.05, 4.69) is 37.1 Å². The molecule has 1 N–H and O–H groups in total. The molecule has 0 unspecified atom stereocenters. The molecular formula is C17H21ClN2. The first-order valence-corrected chi connectivity index (χ1v) is 7.74. The van der Waals surface area contributed by atoms with Crippen LogP contribution in [0.3, 0.4) is 0 Å². The first-order valence-electron chi connectivity index (χ1n) is 7.36. The number of hydrogen-bond donors (Lipinski definition) is 1. The molecule has 2 aromatic rings. The van der Waals surface area contributed by atoms with Crippen LogP contribution in [0.2, 0.25) is 5.02 Å². The Kier molecular flexibility index (Phi) is 3.59. The molecule has 1 heterocycles. The van der Waals surface area contributed by atoms with Crippen molar-refractivity contribution in [3.63, 3.8) is 0 Å². The summed E-state index contributed by atoms with van der Waals surface area (Å²) < 4.78 is 0. The Bertz CT molecular complexity index is 630. The molecule has 0 bridgehead atoms. The van der Waals surface area contributed by atoms with Crippen molar-refractivity contribution in [3.8, 4) is 0 Å². The molecule has 3 heteroatoms. The van der Waals surface area contributed by atoms with E-state index in [0.29, 0.717) is 6.04 Å². The van der Waals surface area contributed by atoms with Crippen LogP contribution >= 0.6 is 11.6 Å². The summed E-state index contributed by atoms with van der Waals surface area (Å²) in [4.78, 5) is 4.48. The van der Waals surface area contributed by atoms with Crippen LogP contribution in [0.15, 0.2) is 24.4 Å². The number of halogens is 1. The maximum Gasteiger partial charge on any atom is 0.0752 e. The normalized spacial score (nSPS) is 22.1. The number of aromatic nitrogens is 1. The van der Waals surface area contributed by atoms with Crippen LogP contribution in [0, 0.1) is 18.8 Å². The van der Waals surface area contributed by atoms with Crippen LogP contribution in [0.5, 0.6) is 0 Å². The van der Waals surface area contributed by atoms with Crippen LogP contribution in [0.1, 0.15) is 32.3 Å². The minimum absolute atomic E-state index is 0.547. The van der Waals surface area contributed by atoms with Crippen molar-refractivity contribution in [1.29, 1.82) is 0 Å². The highest BCUT2D eigenvalue weighted by Gasteiger charge is 2.31. The van der Waals surface area contributed by atoms with Gasteiger partial charge in [-0.2, -0.15) is 0 Å². The van der Waals surface area contributed by atoms with Gasteiger partial charge in [-0.3, -0.25) is 4.98 Å². The Morgan fingerprint density at radius 2 is 2.10 bits per heavy atom. The maximum absolute atomic E-state index is 6.44. The third kappa shape index (κ3) is 2.37. The van der Waals surface area contributed by atoms with Gasteiger partial charge in [-0.05, 0) is 55.4 Å². The number of fused-ring (bicyclic) bond motifs is 1. The molecule has 0 atom stereocenters. The molecule has 0 aliphatic heterocycles. The van der Waals surface area contributed by atoms with Crippen LogP contribution in [-0.2, 0) is 0 Å². The zero-order valence-electron chi connectivity index (χ0n) is 12.3. The number of benzene rings is 1. The average Bonchev–Trinajstić information content (AvgIpc) is 2.35. The van der Waals surface area contributed by atoms with Gasteiger partial charge < -0.3 is 5.32 Å². The quantitative estimate of drug-likeness (QED) is 0.855. The monoisotopic (exact) mass is 288 g/mol. The van der Waals surface area contributed by atoms with E-state index in [1.165, 1.54) is 12.8 Å². The Morgan fingerprint density at radius 1 is 1.35 bits per heavy atom. The SMILES string of the molecule is Cc1cc(Cl)c(NC2CC(C(C)C)C2)c2cccnc12. The van der Waals surface area contributed by atoms with Gasteiger partial charge in [0.2, 0.25) is 0 Å². The Labute approximate surface area is 125 Å². The molecule has 1 saturated carbocycles. The lowest BCUT2D eigenvalue weighted by molar-refractivity contribution is 0.212. The van der Waals surface area contributed by atoms with Gasteiger partial charge in [-0.25, -0.2) is 0 Å². The van der Waals surface area contributed by atoms with Crippen molar-refractivity contribution < 1.29 is 0 Å². The van der Waals surface area contributed by atoms with Gasteiger partial charge in [-0.1, -0.05) is 25.4 Å². The zero-order valence-corrected chi connectivity index (χ0v) is 13.0. The standard InChI is InChI=1S/C17H21ClN2/c1-10(2)12-8-13(9-12)20-17-14-5-4-6-19-16(14)11(3)7-15(17)18/h4-7,10,12-13,20H,8-9H2,1-3H3. The molecule has 1 aliphatic rings. The largest absolute Gasteiger partial charge is 0.381 e. The molecule has 0 spiro atoms. The topological polar surface area (TPSA) is 24.9 Å². The molecule has 1 aromatic carbocycles. The predicted molar refractivity (Wildman–Crippen MR) is 86.5 cm³/mol. The molecule has 106 valence electrons. The molecule has 3 rings (SSSR count). The molecule has 0 amide bonds. The van der Waals surface area contributed by atoms with Gasteiger partial charge in [0, 0.05) is 17.6 Å². The van der Waals surface area contributed by atoms with E-state index in [1.54, 1.807) is 0 Å². The smallest absolute Gasteiger partial charge is 0.0752 e. The van der Waals surface area contributed by atoms with Crippen LogP contribution in [0.4, 0.5) is 5.69 Å². The predicted octanol–water partition coefficient (Wildman–Crippen LogP) is 5.04. The molecule has 1 fully saturated rings. The Morgan fingerprint density at radius 3 is 2.80 bits per heavy atom. The van der Waals surface area contributed by atoms with Gasteiger partial charge in [0.25, 0.3) is 0 Å². The lowest BCUT2D eigenvalue weighted by Gasteiger charge is -2.39. The number of rotatable bonds is 3. The second-order valence-electron chi connectivity index (χ2n) is 6.27. The molecule has 0 saturated heterocycles. The number of nitrogens with zero attached hydrogens (tertiary/aromatic N) is 1. The van der Waals surface area contributed by atoms with E-state index in [0.717, 1.165) is 39.0 Å². The summed E-state index contributed by atoms with van der Waals surface area (Å²) in [5, 5.41) is 5.56. The number of nitrogens with one attached hydrogen (secondary N) is 1. The molecule has 0 radical (unpaired) electrons. The lowest BCUT2D eigenvalue weighted by atomic mass is 9.73. The third-order valence-electron chi connectivity index (χ3n) is 4.50. The lowest BCUT2D eigenvalue weighted by Crippen LogP contribution is -2.38. The molecule has 1 aromatic heterocycles. The summed E-state index contributed by atoms with van der Waals surface area (Å²) in [5.74, 6) is 1.63. The number of anilines is 1. The summed E-state index contributed by atoms with van der Waals surface area (Å²) in [6, 6.07) is 6.63. The summed E-state index contributed by atoms with van der Waals surface area (Å²) in [6.07, 6.45) is 4.32. The second kappa shape index (κ2) is 5.25. The van der Waals surface area contributed by atoms with E-state index in [4.69, 9.17) is 11.6 Å².